The number of ether oxygens (including phenoxy) is 1. The Morgan fingerprint density at radius 1 is 0.950 bits per heavy atom. The fraction of sp³-hybridized carbons (Fsp3) is 0.200. The molecule has 0 atom stereocenters. The van der Waals surface area contributed by atoms with Gasteiger partial charge in [-0.1, -0.05) is 6.07 Å². The predicted molar refractivity (Wildman–Crippen MR) is 69.1 cm³/mol. The Bertz CT molecular complexity index is 634. The molecular formula is C15H13F3O2. The molecule has 106 valence electrons. The van der Waals surface area contributed by atoms with Crippen molar-refractivity contribution in [3.05, 3.63) is 53.1 Å². The van der Waals surface area contributed by atoms with Crippen molar-refractivity contribution in [2.75, 3.05) is 0 Å². The molecule has 20 heavy (non-hydrogen) atoms. The van der Waals surface area contributed by atoms with E-state index in [-0.39, 0.29) is 17.2 Å². The normalized spacial score (nSPS) is 11.4. The van der Waals surface area contributed by atoms with Gasteiger partial charge < -0.3 is 9.84 Å². The maximum atomic E-state index is 12.7. The number of rotatable bonds is 2. The average molecular weight is 282 g/mol. The number of phenols is 1. The molecule has 0 aliphatic heterocycles. The van der Waals surface area contributed by atoms with E-state index in [1.165, 1.54) is 12.1 Å². The van der Waals surface area contributed by atoms with E-state index in [0.29, 0.717) is 5.56 Å². The van der Waals surface area contributed by atoms with E-state index < -0.39 is 11.7 Å². The molecule has 0 saturated carbocycles. The summed E-state index contributed by atoms with van der Waals surface area (Å²) in [5.41, 5.74) is 0.489. The molecule has 2 nitrogen and oxygen atoms in total. The van der Waals surface area contributed by atoms with Crippen LogP contribution >= 0.6 is 0 Å². The first kappa shape index (κ1) is 14.2. The summed E-state index contributed by atoms with van der Waals surface area (Å²) >= 11 is 0. The summed E-state index contributed by atoms with van der Waals surface area (Å²) in [6.45, 7) is 3.35. The Labute approximate surface area is 114 Å². The van der Waals surface area contributed by atoms with Crippen molar-refractivity contribution < 1.29 is 23.0 Å². The van der Waals surface area contributed by atoms with Gasteiger partial charge >= 0.3 is 6.18 Å². The van der Waals surface area contributed by atoms with Crippen molar-refractivity contribution in [2.24, 2.45) is 0 Å². The molecule has 2 rings (SSSR count). The molecule has 2 aromatic carbocycles. The Balaban J connectivity index is 2.39. The predicted octanol–water partition coefficient (Wildman–Crippen LogP) is 4.82. The summed E-state index contributed by atoms with van der Waals surface area (Å²) in [5.74, 6) is 0.0487. The van der Waals surface area contributed by atoms with Crippen molar-refractivity contribution in [3.8, 4) is 17.2 Å². The highest BCUT2D eigenvalue weighted by Crippen LogP contribution is 2.36. The fourth-order valence-corrected chi connectivity index (χ4v) is 1.80. The quantitative estimate of drug-likeness (QED) is 0.855. The number of hydrogen-bond donors (Lipinski definition) is 1. The second kappa shape index (κ2) is 5.07. The van der Waals surface area contributed by atoms with Crippen LogP contribution in [0.25, 0.3) is 0 Å². The van der Waals surface area contributed by atoms with E-state index in [2.05, 4.69) is 0 Å². The minimum Gasteiger partial charge on any atom is -0.504 e. The summed E-state index contributed by atoms with van der Waals surface area (Å²) in [6, 6.07) is 8.12. The third kappa shape index (κ3) is 3.23. The molecule has 2 aromatic rings. The van der Waals surface area contributed by atoms with E-state index in [0.717, 1.165) is 17.7 Å². The molecule has 0 aromatic heterocycles. The smallest absolute Gasteiger partial charge is 0.416 e. The highest BCUT2D eigenvalue weighted by molar-refractivity contribution is 5.45. The Morgan fingerprint density at radius 3 is 2.30 bits per heavy atom. The number of phenolic OH excluding ortho intramolecular Hbond substituents is 1. The van der Waals surface area contributed by atoms with Crippen molar-refractivity contribution in [1.82, 2.24) is 0 Å². The first-order chi connectivity index (χ1) is 9.25. The van der Waals surface area contributed by atoms with Crippen molar-refractivity contribution in [3.63, 3.8) is 0 Å². The maximum absolute atomic E-state index is 12.7. The molecule has 1 N–H and O–H groups in total. The zero-order valence-electron chi connectivity index (χ0n) is 11.0. The van der Waals surface area contributed by atoms with Gasteiger partial charge in [0.05, 0.1) is 5.56 Å². The number of hydrogen-bond acceptors (Lipinski definition) is 2. The molecule has 0 radical (unpaired) electrons. The number of aromatic hydroxyl groups is 1. The molecule has 0 aliphatic carbocycles. The lowest BCUT2D eigenvalue weighted by atomic mass is 10.1. The van der Waals surface area contributed by atoms with E-state index in [1.54, 1.807) is 26.0 Å². The summed E-state index contributed by atoms with van der Waals surface area (Å²) in [6.07, 6.45) is -4.43. The van der Waals surface area contributed by atoms with Crippen molar-refractivity contribution in [1.29, 1.82) is 0 Å². The van der Waals surface area contributed by atoms with Gasteiger partial charge in [-0.3, -0.25) is 0 Å². The first-order valence-electron chi connectivity index (χ1n) is 5.92. The van der Waals surface area contributed by atoms with Gasteiger partial charge in [0.25, 0.3) is 0 Å². The molecule has 0 saturated heterocycles. The molecule has 0 aliphatic rings. The number of aryl methyl sites for hydroxylation is 2. The van der Waals surface area contributed by atoms with Crippen LogP contribution in [0.4, 0.5) is 13.2 Å². The van der Waals surface area contributed by atoms with E-state index in [1.807, 2.05) is 0 Å². The van der Waals surface area contributed by atoms with Crippen molar-refractivity contribution in [2.45, 2.75) is 20.0 Å². The van der Waals surface area contributed by atoms with Crippen molar-refractivity contribution >= 4 is 0 Å². The highest BCUT2D eigenvalue weighted by atomic mass is 19.4. The van der Waals surface area contributed by atoms with Crippen LogP contribution in [-0.4, -0.2) is 5.11 Å². The Morgan fingerprint density at radius 2 is 1.65 bits per heavy atom. The van der Waals surface area contributed by atoms with Gasteiger partial charge in [-0.2, -0.15) is 13.2 Å². The third-order valence-corrected chi connectivity index (χ3v) is 2.72. The molecule has 0 amide bonds. The molecule has 0 heterocycles. The maximum Gasteiger partial charge on any atom is 0.416 e. The minimum absolute atomic E-state index is 0.0400. The van der Waals surface area contributed by atoms with Crippen LogP contribution in [0.5, 0.6) is 17.2 Å². The number of alkyl halides is 3. The zero-order valence-corrected chi connectivity index (χ0v) is 11.0. The largest absolute Gasteiger partial charge is 0.504 e. The molecule has 0 spiro atoms. The fourth-order valence-electron chi connectivity index (χ4n) is 1.80. The lowest BCUT2D eigenvalue weighted by molar-refractivity contribution is -0.137. The van der Waals surface area contributed by atoms with Crippen LogP contribution in [0, 0.1) is 13.8 Å². The Kier molecular flexibility index (Phi) is 3.61. The van der Waals surface area contributed by atoms with Gasteiger partial charge in [-0.25, -0.2) is 0 Å². The van der Waals surface area contributed by atoms with Crippen LogP contribution in [0.3, 0.4) is 0 Å². The zero-order chi connectivity index (χ0) is 14.9. The summed E-state index contributed by atoms with van der Waals surface area (Å²) < 4.78 is 43.5. The van der Waals surface area contributed by atoms with Crippen LogP contribution in [0.1, 0.15) is 16.7 Å². The van der Waals surface area contributed by atoms with Gasteiger partial charge in [-0.15, -0.1) is 0 Å². The molecule has 0 bridgehead atoms. The molecule has 0 fully saturated rings. The molecular weight excluding hydrogens is 269 g/mol. The molecule has 0 unspecified atom stereocenters. The summed E-state index contributed by atoms with van der Waals surface area (Å²) in [7, 11) is 0. The summed E-state index contributed by atoms with van der Waals surface area (Å²) in [5, 5.41) is 9.65. The van der Waals surface area contributed by atoms with Crippen LogP contribution in [0.15, 0.2) is 36.4 Å². The second-order valence-electron chi connectivity index (χ2n) is 4.61. The topological polar surface area (TPSA) is 29.5 Å². The van der Waals surface area contributed by atoms with Gasteiger partial charge in [-0.05, 0) is 55.3 Å². The third-order valence-electron chi connectivity index (χ3n) is 2.72. The van der Waals surface area contributed by atoms with E-state index >= 15 is 0 Å². The highest BCUT2D eigenvalue weighted by Gasteiger charge is 2.31. The van der Waals surface area contributed by atoms with Crippen LogP contribution < -0.4 is 4.74 Å². The van der Waals surface area contributed by atoms with Crippen LogP contribution in [0.2, 0.25) is 0 Å². The molecule has 5 heteroatoms. The lowest BCUT2D eigenvalue weighted by Crippen LogP contribution is -2.05. The van der Waals surface area contributed by atoms with E-state index in [4.69, 9.17) is 4.74 Å². The minimum atomic E-state index is -4.43. The van der Waals surface area contributed by atoms with Gasteiger partial charge in [0.2, 0.25) is 0 Å². The van der Waals surface area contributed by atoms with Crippen LogP contribution in [-0.2, 0) is 6.18 Å². The van der Waals surface area contributed by atoms with Gasteiger partial charge in [0.15, 0.2) is 11.5 Å². The first-order valence-corrected chi connectivity index (χ1v) is 5.92. The summed E-state index contributed by atoms with van der Waals surface area (Å²) in [4.78, 5) is 0. The second-order valence-corrected chi connectivity index (χ2v) is 4.61. The lowest BCUT2D eigenvalue weighted by Gasteiger charge is -2.12. The number of benzene rings is 2. The average Bonchev–Trinajstić information content (AvgIpc) is 2.32. The SMILES string of the molecule is Cc1cc(Oc2cc(C)ccc2O)cc(C(F)(F)F)c1. The monoisotopic (exact) mass is 282 g/mol. The van der Waals surface area contributed by atoms with Gasteiger partial charge in [0, 0.05) is 0 Å². The van der Waals surface area contributed by atoms with Gasteiger partial charge in [0.1, 0.15) is 5.75 Å². The standard InChI is InChI=1S/C15H13F3O2/c1-9-3-4-13(19)14(7-9)20-12-6-10(2)5-11(8-12)15(16,17)18/h3-8,19H,1-2H3. The Hall–Kier alpha value is -2.17. The van der Waals surface area contributed by atoms with E-state index in [9.17, 15) is 18.3 Å². The number of halogens is 3.